The Morgan fingerprint density at radius 1 is 0.439 bits per heavy atom. The average molecular weight is 535 g/mol. The van der Waals surface area contributed by atoms with E-state index in [2.05, 4.69) is 149 Å². The molecule has 1 nitrogen and oxygen atoms in total. The molecule has 41 heavy (non-hydrogen) atoms. The SMILES string of the molecule is CCC(C)c1ccccc1-c1ccc2ccccc2c1Oc1c(-c2ccccc2C(C)CC)ccc2ccccc12. The summed E-state index contributed by atoms with van der Waals surface area (Å²) in [6, 6.07) is 43.8. The summed E-state index contributed by atoms with van der Waals surface area (Å²) >= 11 is 0. The number of hydrogen-bond acceptors (Lipinski definition) is 1. The molecular weight excluding hydrogens is 496 g/mol. The second-order valence-corrected chi connectivity index (χ2v) is 11.2. The number of hydrogen-bond donors (Lipinski definition) is 0. The van der Waals surface area contributed by atoms with Gasteiger partial charge in [0, 0.05) is 21.9 Å². The van der Waals surface area contributed by atoms with Crippen molar-refractivity contribution in [3.05, 3.63) is 132 Å². The maximum absolute atomic E-state index is 7.31. The van der Waals surface area contributed by atoms with Gasteiger partial charge in [-0.05, 0) is 69.8 Å². The molecule has 0 aliphatic rings. The first-order valence-electron chi connectivity index (χ1n) is 15.0. The van der Waals surface area contributed by atoms with Crippen LogP contribution in [0.2, 0.25) is 0 Å². The molecule has 0 fully saturated rings. The summed E-state index contributed by atoms with van der Waals surface area (Å²) < 4.78 is 7.31. The van der Waals surface area contributed by atoms with Crippen LogP contribution in [0, 0.1) is 0 Å². The third-order valence-corrected chi connectivity index (χ3v) is 8.75. The fourth-order valence-electron chi connectivity index (χ4n) is 6.02. The van der Waals surface area contributed by atoms with Crippen molar-refractivity contribution in [1.29, 1.82) is 0 Å². The molecule has 204 valence electrons. The summed E-state index contributed by atoms with van der Waals surface area (Å²) in [4.78, 5) is 0. The van der Waals surface area contributed by atoms with Crippen molar-refractivity contribution in [3.8, 4) is 33.8 Å². The molecule has 0 amide bonds. The van der Waals surface area contributed by atoms with Crippen LogP contribution in [-0.2, 0) is 0 Å². The van der Waals surface area contributed by atoms with Gasteiger partial charge in [0.2, 0.25) is 0 Å². The molecule has 0 aliphatic carbocycles. The second-order valence-electron chi connectivity index (χ2n) is 11.2. The maximum atomic E-state index is 7.31. The molecular formula is C40H38O. The van der Waals surface area contributed by atoms with Gasteiger partial charge in [0.25, 0.3) is 0 Å². The fraction of sp³-hybridized carbons (Fsp3) is 0.200. The Labute approximate surface area is 244 Å². The summed E-state index contributed by atoms with van der Waals surface area (Å²) in [5, 5.41) is 4.60. The third-order valence-electron chi connectivity index (χ3n) is 8.75. The van der Waals surface area contributed by atoms with Gasteiger partial charge in [0.05, 0.1) is 0 Å². The van der Waals surface area contributed by atoms with E-state index >= 15 is 0 Å². The molecule has 2 unspecified atom stereocenters. The van der Waals surface area contributed by atoms with Crippen molar-refractivity contribution >= 4 is 21.5 Å². The Hall–Kier alpha value is -4.36. The lowest BCUT2D eigenvalue weighted by atomic mass is 9.88. The topological polar surface area (TPSA) is 9.23 Å². The highest BCUT2D eigenvalue weighted by Crippen LogP contribution is 2.47. The van der Waals surface area contributed by atoms with Crippen molar-refractivity contribution in [1.82, 2.24) is 0 Å². The first-order chi connectivity index (χ1) is 20.1. The summed E-state index contributed by atoms with van der Waals surface area (Å²) in [5.74, 6) is 2.72. The Balaban J connectivity index is 1.65. The number of rotatable bonds is 8. The standard InChI is InChI=1S/C40H38O/c1-5-27(3)31-17-11-13-21-35(31)37-25-23-29-15-7-9-19-33(29)39(37)41-40-34-20-10-8-16-30(34)24-26-38(40)36-22-14-12-18-32(36)28(4)6-2/h7-28H,5-6H2,1-4H3. The van der Waals surface area contributed by atoms with E-state index in [0.29, 0.717) is 11.8 Å². The van der Waals surface area contributed by atoms with E-state index in [9.17, 15) is 0 Å². The van der Waals surface area contributed by atoms with E-state index in [1.54, 1.807) is 0 Å². The van der Waals surface area contributed by atoms with Gasteiger partial charge in [-0.3, -0.25) is 0 Å². The largest absolute Gasteiger partial charge is 0.455 e. The van der Waals surface area contributed by atoms with Gasteiger partial charge in [-0.15, -0.1) is 0 Å². The molecule has 0 radical (unpaired) electrons. The Morgan fingerprint density at radius 2 is 0.829 bits per heavy atom. The van der Waals surface area contributed by atoms with Crippen LogP contribution in [0.25, 0.3) is 43.8 Å². The lowest BCUT2D eigenvalue weighted by Crippen LogP contribution is -2.00. The van der Waals surface area contributed by atoms with Crippen LogP contribution in [0.15, 0.2) is 121 Å². The van der Waals surface area contributed by atoms with E-state index < -0.39 is 0 Å². The van der Waals surface area contributed by atoms with Crippen molar-refractivity contribution in [2.45, 2.75) is 52.4 Å². The molecule has 6 rings (SSSR count). The van der Waals surface area contributed by atoms with Gasteiger partial charge in [0.15, 0.2) is 0 Å². The quantitative estimate of drug-likeness (QED) is 0.189. The normalized spacial score (nSPS) is 12.9. The third kappa shape index (κ3) is 5.02. The van der Waals surface area contributed by atoms with Crippen LogP contribution in [0.5, 0.6) is 11.5 Å². The van der Waals surface area contributed by atoms with Gasteiger partial charge >= 0.3 is 0 Å². The van der Waals surface area contributed by atoms with E-state index in [1.807, 2.05) is 0 Å². The molecule has 0 bridgehead atoms. The van der Waals surface area contributed by atoms with Gasteiger partial charge in [-0.2, -0.15) is 0 Å². The minimum atomic E-state index is 0.445. The van der Waals surface area contributed by atoms with Gasteiger partial charge in [-0.1, -0.05) is 137 Å². The van der Waals surface area contributed by atoms with E-state index in [-0.39, 0.29) is 0 Å². The average Bonchev–Trinajstić information content (AvgIpc) is 3.04. The smallest absolute Gasteiger partial charge is 0.143 e. The van der Waals surface area contributed by atoms with Gasteiger partial charge in [-0.25, -0.2) is 0 Å². The van der Waals surface area contributed by atoms with Gasteiger partial charge in [0.1, 0.15) is 11.5 Å². The molecule has 6 aromatic carbocycles. The predicted molar refractivity (Wildman–Crippen MR) is 176 cm³/mol. The fourth-order valence-corrected chi connectivity index (χ4v) is 6.02. The molecule has 0 aliphatic heterocycles. The Kier molecular flexibility index (Phi) is 7.61. The first-order valence-corrected chi connectivity index (χ1v) is 15.0. The minimum absolute atomic E-state index is 0.445. The summed E-state index contributed by atoms with van der Waals surface area (Å²) in [6.45, 7) is 9.15. The summed E-state index contributed by atoms with van der Waals surface area (Å²) in [5.41, 5.74) is 7.46. The number of benzene rings is 6. The monoisotopic (exact) mass is 534 g/mol. The van der Waals surface area contributed by atoms with Crippen molar-refractivity contribution in [3.63, 3.8) is 0 Å². The van der Waals surface area contributed by atoms with E-state index in [4.69, 9.17) is 4.74 Å². The van der Waals surface area contributed by atoms with Crippen LogP contribution < -0.4 is 4.74 Å². The molecule has 0 heterocycles. The zero-order valence-electron chi connectivity index (χ0n) is 24.5. The molecule has 0 saturated heterocycles. The summed E-state index contributed by atoms with van der Waals surface area (Å²) in [6.07, 6.45) is 2.17. The molecule has 1 heteroatoms. The zero-order valence-corrected chi connectivity index (χ0v) is 24.5. The lowest BCUT2D eigenvalue weighted by molar-refractivity contribution is 0.497. The van der Waals surface area contributed by atoms with Crippen molar-refractivity contribution in [2.24, 2.45) is 0 Å². The minimum Gasteiger partial charge on any atom is -0.455 e. The Bertz CT molecular complexity index is 1690. The van der Waals surface area contributed by atoms with Gasteiger partial charge < -0.3 is 4.74 Å². The summed E-state index contributed by atoms with van der Waals surface area (Å²) in [7, 11) is 0. The highest BCUT2D eigenvalue weighted by molar-refractivity contribution is 5.99. The first kappa shape index (κ1) is 26.8. The molecule has 0 N–H and O–H groups in total. The van der Waals surface area contributed by atoms with Crippen molar-refractivity contribution in [2.75, 3.05) is 0 Å². The van der Waals surface area contributed by atoms with E-state index in [0.717, 1.165) is 46.2 Å². The number of fused-ring (bicyclic) bond motifs is 2. The highest BCUT2D eigenvalue weighted by atomic mass is 16.5. The zero-order chi connectivity index (χ0) is 28.3. The van der Waals surface area contributed by atoms with Crippen LogP contribution in [0.4, 0.5) is 0 Å². The number of ether oxygens (including phenoxy) is 1. The molecule has 2 atom stereocenters. The lowest BCUT2D eigenvalue weighted by Gasteiger charge is -2.22. The molecule has 0 spiro atoms. The van der Waals surface area contributed by atoms with Crippen molar-refractivity contribution < 1.29 is 4.74 Å². The van der Waals surface area contributed by atoms with Crippen LogP contribution >= 0.6 is 0 Å². The van der Waals surface area contributed by atoms with E-state index in [1.165, 1.54) is 33.0 Å². The molecule has 0 saturated carbocycles. The molecule has 6 aromatic rings. The van der Waals surface area contributed by atoms with Crippen LogP contribution in [0.3, 0.4) is 0 Å². The van der Waals surface area contributed by atoms with Crippen LogP contribution in [0.1, 0.15) is 63.5 Å². The molecule has 0 aromatic heterocycles. The maximum Gasteiger partial charge on any atom is 0.143 e. The van der Waals surface area contributed by atoms with Crippen LogP contribution in [-0.4, -0.2) is 0 Å². The second kappa shape index (κ2) is 11.6. The highest BCUT2D eigenvalue weighted by Gasteiger charge is 2.21. The predicted octanol–water partition coefficient (Wildman–Crippen LogP) is 12.1. The Morgan fingerprint density at radius 3 is 1.27 bits per heavy atom.